The number of aliphatic hydroxyl groups excluding tert-OH is 2. The van der Waals surface area contributed by atoms with Crippen LogP contribution in [-0.2, 0) is 11.2 Å². The number of para-hydroxylation sites is 1. The maximum atomic E-state index is 12.1. The third kappa shape index (κ3) is 2.58. The van der Waals surface area contributed by atoms with E-state index < -0.39 is 0 Å². The fourth-order valence-corrected chi connectivity index (χ4v) is 4.50. The van der Waals surface area contributed by atoms with E-state index in [1.54, 1.807) is 6.92 Å². The maximum Gasteiger partial charge on any atom is 0.157 e. The molecule has 0 bridgehead atoms. The topological polar surface area (TPSA) is 76.6 Å². The van der Waals surface area contributed by atoms with Crippen LogP contribution < -0.4 is 0 Å². The summed E-state index contributed by atoms with van der Waals surface area (Å²) in [5.41, 5.74) is 4.45. The molecular formula is C20H24N2O3. The van der Waals surface area contributed by atoms with Gasteiger partial charge < -0.3 is 20.1 Å². The standard InChI is InChI=1S/C20H24N2O3/c1-12(25)17-9-22-7-6-15-14-4-2-3-5-18(14)21-20(15)19(22)8-16(17)13(10-23)11-24/h2-5,9,13,16,19,21,23-24H,6-8,10-11H2,1H3/t16-,19-/m1/s1. The Balaban J connectivity index is 1.79. The van der Waals surface area contributed by atoms with Crippen LogP contribution in [-0.4, -0.2) is 45.6 Å². The molecule has 2 aromatic rings. The summed E-state index contributed by atoms with van der Waals surface area (Å²) >= 11 is 0. The molecule has 1 aromatic heterocycles. The summed E-state index contributed by atoms with van der Waals surface area (Å²) in [4.78, 5) is 18.0. The smallest absolute Gasteiger partial charge is 0.157 e. The molecule has 1 aromatic carbocycles. The number of Topliss-reactive ketones (excluding diaryl/α,β-unsaturated/α-hetero) is 1. The second-order valence-corrected chi connectivity index (χ2v) is 7.17. The number of carbonyl (C=O) groups excluding carboxylic acids is 1. The summed E-state index contributed by atoms with van der Waals surface area (Å²) in [6.45, 7) is 2.23. The lowest BCUT2D eigenvalue weighted by molar-refractivity contribution is -0.114. The van der Waals surface area contributed by atoms with Gasteiger partial charge in [0.15, 0.2) is 5.78 Å². The predicted molar refractivity (Wildman–Crippen MR) is 96.0 cm³/mol. The molecule has 5 heteroatoms. The van der Waals surface area contributed by atoms with Crippen molar-refractivity contribution in [2.45, 2.75) is 25.8 Å². The Morgan fingerprint density at radius 2 is 2.08 bits per heavy atom. The first kappa shape index (κ1) is 16.4. The van der Waals surface area contributed by atoms with Crippen LogP contribution in [0.3, 0.4) is 0 Å². The number of hydrogen-bond donors (Lipinski definition) is 3. The number of ketones is 1. The molecule has 25 heavy (non-hydrogen) atoms. The molecule has 0 radical (unpaired) electrons. The first-order valence-corrected chi connectivity index (χ1v) is 8.93. The summed E-state index contributed by atoms with van der Waals surface area (Å²) in [6, 6.07) is 8.51. The lowest BCUT2D eigenvalue weighted by Crippen LogP contribution is -2.40. The van der Waals surface area contributed by atoms with E-state index in [-0.39, 0.29) is 36.9 Å². The van der Waals surface area contributed by atoms with Gasteiger partial charge in [-0.15, -0.1) is 0 Å². The number of nitrogens with zero attached hydrogens (tertiary/aromatic N) is 1. The van der Waals surface area contributed by atoms with Crippen molar-refractivity contribution >= 4 is 16.7 Å². The van der Waals surface area contributed by atoms with E-state index in [1.165, 1.54) is 16.6 Å². The molecule has 132 valence electrons. The van der Waals surface area contributed by atoms with E-state index in [2.05, 4.69) is 28.1 Å². The van der Waals surface area contributed by atoms with Crippen molar-refractivity contribution in [3.8, 4) is 0 Å². The first-order chi connectivity index (χ1) is 12.1. The number of carbonyl (C=O) groups is 1. The summed E-state index contributed by atoms with van der Waals surface area (Å²) in [6.07, 6.45) is 3.65. The number of benzene rings is 1. The van der Waals surface area contributed by atoms with Crippen molar-refractivity contribution in [3.63, 3.8) is 0 Å². The van der Waals surface area contributed by atoms with Gasteiger partial charge in [-0.3, -0.25) is 4.79 Å². The van der Waals surface area contributed by atoms with Gasteiger partial charge in [0.25, 0.3) is 0 Å². The highest BCUT2D eigenvalue weighted by atomic mass is 16.3. The summed E-state index contributed by atoms with van der Waals surface area (Å²) in [7, 11) is 0. The van der Waals surface area contributed by atoms with Gasteiger partial charge in [0, 0.05) is 54.0 Å². The van der Waals surface area contributed by atoms with Crippen LogP contribution in [0.25, 0.3) is 10.9 Å². The Kier molecular flexibility index (Phi) is 4.13. The van der Waals surface area contributed by atoms with Gasteiger partial charge in [0.05, 0.1) is 6.04 Å². The molecule has 0 saturated heterocycles. The molecule has 4 rings (SSSR count). The Labute approximate surface area is 147 Å². The van der Waals surface area contributed by atoms with Gasteiger partial charge in [0.2, 0.25) is 0 Å². The van der Waals surface area contributed by atoms with Crippen LogP contribution in [0.4, 0.5) is 0 Å². The third-order valence-corrected chi connectivity index (χ3v) is 5.83. The van der Waals surface area contributed by atoms with Crippen molar-refractivity contribution in [3.05, 3.63) is 47.3 Å². The number of allylic oxidation sites excluding steroid dienone is 1. The molecule has 0 aliphatic carbocycles. The van der Waals surface area contributed by atoms with Gasteiger partial charge in [-0.25, -0.2) is 0 Å². The maximum absolute atomic E-state index is 12.1. The van der Waals surface area contributed by atoms with Crippen LogP contribution in [0, 0.1) is 11.8 Å². The zero-order valence-electron chi connectivity index (χ0n) is 14.4. The van der Waals surface area contributed by atoms with Gasteiger partial charge in [-0.2, -0.15) is 0 Å². The van der Waals surface area contributed by atoms with Gasteiger partial charge in [0.1, 0.15) is 0 Å². The van der Waals surface area contributed by atoms with Crippen molar-refractivity contribution in [2.75, 3.05) is 19.8 Å². The fourth-order valence-electron chi connectivity index (χ4n) is 4.50. The van der Waals surface area contributed by atoms with Crippen LogP contribution in [0.2, 0.25) is 0 Å². The molecule has 0 amide bonds. The third-order valence-electron chi connectivity index (χ3n) is 5.83. The van der Waals surface area contributed by atoms with Gasteiger partial charge >= 0.3 is 0 Å². The number of nitrogens with one attached hydrogen (secondary N) is 1. The molecule has 0 spiro atoms. The molecule has 3 N–H and O–H groups in total. The second-order valence-electron chi connectivity index (χ2n) is 7.17. The van der Waals surface area contributed by atoms with Gasteiger partial charge in [-0.05, 0) is 37.3 Å². The molecule has 0 saturated carbocycles. The molecular weight excluding hydrogens is 316 g/mol. The summed E-state index contributed by atoms with van der Waals surface area (Å²) in [5, 5.41) is 20.6. The van der Waals surface area contributed by atoms with Crippen LogP contribution in [0.5, 0.6) is 0 Å². The highest BCUT2D eigenvalue weighted by Gasteiger charge is 2.39. The number of fused-ring (bicyclic) bond motifs is 5. The number of aromatic nitrogens is 1. The number of aliphatic hydroxyl groups is 2. The Morgan fingerprint density at radius 1 is 1.32 bits per heavy atom. The quantitative estimate of drug-likeness (QED) is 0.797. The van der Waals surface area contributed by atoms with Gasteiger partial charge in [-0.1, -0.05) is 18.2 Å². The highest BCUT2D eigenvalue weighted by Crippen LogP contribution is 2.44. The van der Waals surface area contributed by atoms with E-state index in [0.717, 1.165) is 30.5 Å². The van der Waals surface area contributed by atoms with Crippen molar-refractivity contribution in [1.82, 2.24) is 9.88 Å². The zero-order chi connectivity index (χ0) is 17.6. The molecule has 0 unspecified atom stereocenters. The normalized spacial score (nSPS) is 22.7. The van der Waals surface area contributed by atoms with Crippen molar-refractivity contribution in [1.29, 1.82) is 0 Å². The highest BCUT2D eigenvalue weighted by molar-refractivity contribution is 5.94. The van der Waals surface area contributed by atoms with E-state index in [0.29, 0.717) is 0 Å². The minimum absolute atomic E-state index is 0.0257. The van der Waals surface area contributed by atoms with Crippen molar-refractivity contribution in [2.24, 2.45) is 11.8 Å². The van der Waals surface area contributed by atoms with Crippen LogP contribution in [0.15, 0.2) is 36.0 Å². The molecule has 2 aliphatic rings. The Bertz CT molecular complexity index is 835. The molecule has 3 heterocycles. The van der Waals surface area contributed by atoms with E-state index in [9.17, 15) is 15.0 Å². The Hall–Kier alpha value is -2.11. The largest absolute Gasteiger partial charge is 0.396 e. The molecule has 0 fully saturated rings. The molecule has 5 nitrogen and oxygen atoms in total. The minimum Gasteiger partial charge on any atom is -0.396 e. The Morgan fingerprint density at radius 3 is 2.80 bits per heavy atom. The van der Waals surface area contributed by atoms with E-state index in [4.69, 9.17) is 0 Å². The summed E-state index contributed by atoms with van der Waals surface area (Å²) in [5.74, 6) is -0.393. The number of H-pyrrole nitrogens is 1. The summed E-state index contributed by atoms with van der Waals surface area (Å²) < 4.78 is 0. The average molecular weight is 340 g/mol. The number of rotatable bonds is 4. The van der Waals surface area contributed by atoms with Crippen molar-refractivity contribution < 1.29 is 15.0 Å². The number of hydrogen-bond acceptors (Lipinski definition) is 4. The first-order valence-electron chi connectivity index (χ1n) is 8.93. The minimum atomic E-state index is -0.299. The molecule has 2 atom stereocenters. The van der Waals surface area contributed by atoms with E-state index >= 15 is 0 Å². The average Bonchev–Trinajstić information content (AvgIpc) is 3.01. The number of aromatic amines is 1. The lowest BCUT2D eigenvalue weighted by atomic mass is 9.76. The van der Waals surface area contributed by atoms with E-state index in [1.807, 2.05) is 12.3 Å². The predicted octanol–water partition coefficient (Wildman–Crippen LogP) is 2.16. The second kappa shape index (κ2) is 6.32. The fraction of sp³-hybridized carbons (Fsp3) is 0.450. The molecule has 2 aliphatic heterocycles. The van der Waals surface area contributed by atoms with Crippen LogP contribution >= 0.6 is 0 Å². The SMILES string of the molecule is CC(=O)C1=CN2CCc3c([nH]c4ccccc34)[C@H]2C[C@@H]1C(CO)CO. The zero-order valence-corrected chi connectivity index (χ0v) is 14.4. The van der Waals surface area contributed by atoms with Crippen LogP contribution in [0.1, 0.15) is 30.6 Å². The lowest BCUT2D eigenvalue weighted by Gasteiger charge is -2.43. The monoisotopic (exact) mass is 340 g/mol.